The van der Waals surface area contributed by atoms with Gasteiger partial charge in [0.2, 0.25) is 0 Å². The minimum Gasteiger partial charge on any atom is -0.315 e. The third kappa shape index (κ3) is 1.74. The zero-order valence-electron chi connectivity index (χ0n) is 8.90. The molecular formula is C14H9FIN. The standard InChI is InChI=1S/C14H9FIN/c15-11-4-3-7-13-10(11)8-9-17(13)14-6-2-1-5-12(14)16/h1-9H. The van der Waals surface area contributed by atoms with Crippen molar-refractivity contribution >= 4 is 33.5 Å². The quantitative estimate of drug-likeness (QED) is 0.581. The molecule has 1 nitrogen and oxygen atoms in total. The predicted molar refractivity (Wildman–Crippen MR) is 76.0 cm³/mol. The van der Waals surface area contributed by atoms with Crippen molar-refractivity contribution in [2.75, 3.05) is 0 Å². The summed E-state index contributed by atoms with van der Waals surface area (Å²) in [5.74, 6) is -0.174. The Morgan fingerprint density at radius 2 is 1.76 bits per heavy atom. The van der Waals surface area contributed by atoms with Gasteiger partial charge in [0.1, 0.15) is 5.82 Å². The molecule has 0 N–H and O–H groups in total. The van der Waals surface area contributed by atoms with Crippen LogP contribution in [0.15, 0.2) is 54.7 Å². The first-order valence-electron chi connectivity index (χ1n) is 5.28. The molecule has 0 aliphatic rings. The second-order valence-corrected chi connectivity index (χ2v) is 4.97. The molecule has 0 unspecified atom stereocenters. The number of halogens is 2. The molecule has 0 amide bonds. The van der Waals surface area contributed by atoms with Crippen LogP contribution in [0.3, 0.4) is 0 Å². The molecule has 1 heterocycles. The molecule has 0 bridgehead atoms. The monoisotopic (exact) mass is 337 g/mol. The van der Waals surface area contributed by atoms with Crippen LogP contribution in [0.25, 0.3) is 16.6 Å². The van der Waals surface area contributed by atoms with Crippen LogP contribution >= 0.6 is 22.6 Å². The maximum absolute atomic E-state index is 13.6. The van der Waals surface area contributed by atoms with Crippen molar-refractivity contribution in [3.63, 3.8) is 0 Å². The van der Waals surface area contributed by atoms with Crippen LogP contribution < -0.4 is 0 Å². The van der Waals surface area contributed by atoms with E-state index in [0.29, 0.717) is 5.39 Å². The Morgan fingerprint density at radius 1 is 0.941 bits per heavy atom. The van der Waals surface area contributed by atoms with Crippen LogP contribution in [0.2, 0.25) is 0 Å². The van der Waals surface area contributed by atoms with Gasteiger partial charge in [-0.05, 0) is 52.9 Å². The smallest absolute Gasteiger partial charge is 0.132 e. The largest absolute Gasteiger partial charge is 0.315 e. The number of para-hydroxylation sites is 1. The summed E-state index contributed by atoms with van der Waals surface area (Å²) < 4.78 is 16.8. The molecule has 0 aliphatic heterocycles. The van der Waals surface area contributed by atoms with Crippen molar-refractivity contribution in [2.45, 2.75) is 0 Å². The molecule has 1 aromatic heterocycles. The molecule has 0 spiro atoms. The van der Waals surface area contributed by atoms with Crippen molar-refractivity contribution in [1.82, 2.24) is 4.57 Å². The molecule has 0 fully saturated rings. The van der Waals surface area contributed by atoms with E-state index in [2.05, 4.69) is 22.6 Å². The summed E-state index contributed by atoms with van der Waals surface area (Å²) in [4.78, 5) is 0. The number of nitrogens with zero attached hydrogens (tertiary/aromatic N) is 1. The normalized spacial score (nSPS) is 10.9. The lowest BCUT2D eigenvalue weighted by atomic mass is 10.2. The van der Waals surface area contributed by atoms with E-state index in [1.54, 1.807) is 6.07 Å². The maximum atomic E-state index is 13.6. The average molecular weight is 337 g/mol. The first-order chi connectivity index (χ1) is 8.27. The Morgan fingerprint density at radius 3 is 2.59 bits per heavy atom. The molecule has 0 saturated heterocycles. The number of benzene rings is 2. The number of hydrogen-bond acceptors (Lipinski definition) is 0. The van der Waals surface area contributed by atoms with Gasteiger partial charge in [-0.25, -0.2) is 4.39 Å². The lowest BCUT2D eigenvalue weighted by Crippen LogP contribution is -1.94. The van der Waals surface area contributed by atoms with Crippen LogP contribution in [-0.4, -0.2) is 4.57 Å². The number of fused-ring (bicyclic) bond motifs is 1. The van der Waals surface area contributed by atoms with E-state index in [0.717, 1.165) is 14.8 Å². The van der Waals surface area contributed by atoms with E-state index in [1.807, 2.05) is 47.2 Å². The van der Waals surface area contributed by atoms with E-state index in [-0.39, 0.29) is 5.82 Å². The summed E-state index contributed by atoms with van der Waals surface area (Å²) in [6.45, 7) is 0. The van der Waals surface area contributed by atoms with Crippen molar-refractivity contribution in [3.8, 4) is 5.69 Å². The third-order valence-corrected chi connectivity index (χ3v) is 3.70. The van der Waals surface area contributed by atoms with Gasteiger partial charge in [-0.1, -0.05) is 18.2 Å². The zero-order valence-corrected chi connectivity index (χ0v) is 11.1. The predicted octanol–water partition coefficient (Wildman–Crippen LogP) is 4.37. The molecule has 0 saturated carbocycles. The minimum absolute atomic E-state index is 0.174. The highest BCUT2D eigenvalue weighted by atomic mass is 127. The van der Waals surface area contributed by atoms with E-state index < -0.39 is 0 Å². The number of hydrogen-bond donors (Lipinski definition) is 0. The molecule has 84 valence electrons. The van der Waals surface area contributed by atoms with Crippen LogP contribution in [-0.2, 0) is 0 Å². The van der Waals surface area contributed by atoms with Gasteiger partial charge in [0.05, 0.1) is 11.2 Å². The van der Waals surface area contributed by atoms with Crippen molar-refractivity contribution < 1.29 is 4.39 Å². The summed E-state index contributed by atoms with van der Waals surface area (Å²) in [6.07, 6.45) is 1.91. The highest BCUT2D eigenvalue weighted by molar-refractivity contribution is 14.1. The lowest BCUT2D eigenvalue weighted by molar-refractivity contribution is 0.640. The fourth-order valence-electron chi connectivity index (χ4n) is 1.99. The van der Waals surface area contributed by atoms with Crippen molar-refractivity contribution in [2.24, 2.45) is 0 Å². The number of rotatable bonds is 1. The topological polar surface area (TPSA) is 4.93 Å². The van der Waals surface area contributed by atoms with E-state index in [1.165, 1.54) is 6.07 Å². The molecule has 3 aromatic rings. The number of aromatic nitrogens is 1. The molecule has 0 atom stereocenters. The molecule has 3 rings (SSSR count). The van der Waals surface area contributed by atoms with E-state index in [9.17, 15) is 4.39 Å². The molecule has 0 radical (unpaired) electrons. The highest BCUT2D eigenvalue weighted by Gasteiger charge is 2.08. The zero-order chi connectivity index (χ0) is 11.8. The molecule has 2 aromatic carbocycles. The molecule has 17 heavy (non-hydrogen) atoms. The Bertz CT molecular complexity index is 688. The Hall–Kier alpha value is -1.36. The van der Waals surface area contributed by atoms with E-state index >= 15 is 0 Å². The van der Waals surface area contributed by atoms with Crippen molar-refractivity contribution in [3.05, 3.63) is 64.1 Å². The Kier molecular flexibility index (Phi) is 2.63. The summed E-state index contributed by atoms with van der Waals surface area (Å²) in [5, 5.41) is 0.659. The Balaban J connectivity index is 2.33. The minimum atomic E-state index is -0.174. The van der Waals surface area contributed by atoms with Gasteiger partial charge in [-0.2, -0.15) is 0 Å². The summed E-state index contributed by atoms with van der Waals surface area (Å²) >= 11 is 2.29. The molecular weight excluding hydrogens is 328 g/mol. The molecule has 3 heteroatoms. The van der Waals surface area contributed by atoms with Gasteiger partial charge in [0.15, 0.2) is 0 Å². The van der Waals surface area contributed by atoms with Crippen LogP contribution in [0.4, 0.5) is 4.39 Å². The van der Waals surface area contributed by atoms with Gasteiger partial charge in [0, 0.05) is 15.2 Å². The van der Waals surface area contributed by atoms with Crippen LogP contribution in [0.5, 0.6) is 0 Å². The maximum Gasteiger partial charge on any atom is 0.132 e. The van der Waals surface area contributed by atoms with Crippen LogP contribution in [0, 0.1) is 9.39 Å². The fraction of sp³-hybridized carbons (Fsp3) is 0. The van der Waals surface area contributed by atoms with Gasteiger partial charge >= 0.3 is 0 Å². The second-order valence-electron chi connectivity index (χ2n) is 3.81. The van der Waals surface area contributed by atoms with Gasteiger partial charge in [-0.15, -0.1) is 0 Å². The summed E-state index contributed by atoms with van der Waals surface area (Å²) in [5.41, 5.74) is 1.97. The first-order valence-corrected chi connectivity index (χ1v) is 6.36. The second kappa shape index (κ2) is 4.14. The Labute approximate surface area is 112 Å². The third-order valence-electron chi connectivity index (χ3n) is 2.79. The fourth-order valence-corrected chi connectivity index (χ4v) is 2.63. The summed E-state index contributed by atoms with van der Waals surface area (Å²) in [7, 11) is 0. The van der Waals surface area contributed by atoms with Crippen LogP contribution in [0.1, 0.15) is 0 Å². The van der Waals surface area contributed by atoms with Gasteiger partial charge in [0.25, 0.3) is 0 Å². The van der Waals surface area contributed by atoms with Gasteiger partial charge in [-0.3, -0.25) is 0 Å². The molecule has 0 aliphatic carbocycles. The highest BCUT2D eigenvalue weighted by Crippen LogP contribution is 2.25. The first kappa shape index (κ1) is 10.8. The summed E-state index contributed by atoms with van der Waals surface area (Å²) in [6, 6.07) is 15.0. The van der Waals surface area contributed by atoms with Crippen molar-refractivity contribution in [1.29, 1.82) is 0 Å². The van der Waals surface area contributed by atoms with E-state index in [4.69, 9.17) is 0 Å². The lowest BCUT2D eigenvalue weighted by Gasteiger charge is -2.07. The van der Waals surface area contributed by atoms with Gasteiger partial charge < -0.3 is 4.57 Å². The SMILES string of the molecule is Fc1cccc2c1ccn2-c1ccccc1I. The average Bonchev–Trinajstić information content (AvgIpc) is 2.75.